The van der Waals surface area contributed by atoms with E-state index in [-0.39, 0.29) is 17.6 Å². The highest BCUT2D eigenvalue weighted by molar-refractivity contribution is 5.99. The number of benzene rings is 1. The first-order chi connectivity index (χ1) is 16.7. The molecule has 1 aliphatic heterocycles. The van der Waals surface area contributed by atoms with E-state index in [0.717, 1.165) is 31.5 Å². The van der Waals surface area contributed by atoms with Gasteiger partial charge in [-0.05, 0) is 68.2 Å². The lowest BCUT2D eigenvalue weighted by Crippen LogP contribution is -2.29. The lowest BCUT2D eigenvalue weighted by molar-refractivity contribution is 0.0988. The second kappa shape index (κ2) is 10.4. The lowest BCUT2D eigenvalue weighted by atomic mass is 9.90. The summed E-state index contributed by atoms with van der Waals surface area (Å²) in [5, 5.41) is 9.30. The van der Waals surface area contributed by atoms with Crippen molar-refractivity contribution in [3.05, 3.63) is 71.2 Å². The van der Waals surface area contributed by atoms with E-state index in [1.807, 2.05) is 51.2 Å². The Balaban J connectivity index is 1.29. The van der Waals surface area contributed by atoms with Crippen LogP contribution in [0.2, 0.25) is 0 Å². The van der Waals surface area contributed by atoms with Crippen LogP contribution in [0.15, 0.2) is 53.2 Å². The van der Waals surface area contributed by atoms with Gasteiger partial charge in [0.1, 0.15) is 11.5 Å². The van der Waals surface area contributed by atoms with Crippen LogP contribution in [0.5, 0.6) is 0 Å². The van der Waals surface area contributed by atoms with E-state index in [9.17, 15) is 9.59 Å². The summed E-state index contributed by atoms with van der Waals surface area (Å²) in [7, 11) is 2.15. The van der Waals surface area contributed by atoms with Crippen LogP contribution in [0.25, 0.3) is 0 Å². The molecule has 1 fully saturated rings. The Morgan fingerprint density at radius 1 is 1.06 bits per heavy atom. The molecule has 3 heterocycles. The van der Waals surface area contributed by atoms with Gasteiger partial charge in [0.25, 0.3) is 0 Å². The van der Waals surface area contributed by atoms with Crippen LogP contribution in [-0.4, -0.2) is 47.0 Å². The molecule has 0 atom stereocenters. The summed E-state index contributed by atoms with van der Waals surface area (Å²) >= 11 is 0. The highest BCUT2D eigenvalue weighted by Gasteiger charge is 2.21. The molecular formula is C27H33N5O3. The Kier molecular flexibility index (Phi) is 7.31. The third kappa shape index (κ3) is 6.54. The van der Waals surface area contributed by atoms with Gasteiger partial charge in [-0.3, -0.25) is 15.1 Å². The van der Waals surface area contributed by atoms with E-state index in [4.69, 9.17) is 4.52 Å². The summed E-state index contributed by atoms with van der Waals surface area (Å²) in [6.45, 7) is 8.20. The molecule has 1 aliphatic rings. The van der Waals surface area contributed by atoms with Gasteiger partial charge in [0.2, 0.25) is 0 Å². The molecule has 2 amide bonds. The molecule has 35 heavy (non-hydrogen) atoms. The number of urea groups is 1. The zero-order valence-corrected chi connectivity index (χ0v) is 20.8. The molecule has 4 rings (SSSR count). The Morgan fingerprint density at radius 2 is 1.77 bits per heavy atom. The molecule has 1 aromatic carbocycles. The predicted octanol–water partition coefficient (Wildman–Crippen LogP) is 5.25. The summed E-state index contributed by atoms with van der Waals surface area (Å²) in [6, 6.07) is 12.4. The number of nitrogens with zero attached hydrogens (tertiary/aromatic N) is 3. The van der Waals surface area contributed by atoms with Crippen molar-refractivity contribution < 1.29 is 14.1 Å². The number of Topliss-reactive ketones (excluding diaryl/α,β-unsaturated/α-hetero) is 1. The molecule has 2 N–H and O–H groups in total. The average molecular weight is 476 g/mol. The molecule has 0 unspecified atom stereocenters. The number of nitrogens with one attached hydrogen (secondary N) is 2. The van der Waals surface area contributed by atoms with E-state index < -0.39 is 6.03 Å². The van der Waals surface area contributed by atoms with Gasteiger partial charge in [0.15, 0.2) is 11.6 Å². The van der Waals surface area contributed by atoms with Gasteiger partial charge in [-0.2, -0.15) is 0 Å². The van der Waals surface area contributed by atoms with Crippen molar-refractivity contribution in [2.75, 3.05) is 30.8 Å². The van der Waals surface area contributed by atoms with E-state index >= 15 is 0 Å². The number of carbonyl (C=O) groups excluding carboxylic acids is 2. The van der Waals surface area contributed by atoms with Gasteiger partial charge in [-0.1, -0.05) is 44.1 Å². The largest absolute Gasteiger partial charge is 0.359 e. The van der Waals surface area contributed by atoms with Crippen LogP contribution in [0.3, 0.4) is 0 Å². The van der Waals surface area contributed by atoms with Crippen LogP contribution in [-0.2, 0) is 11.8 Å². The van der Waals surface area contributed by atoms with Crippen molar-refractivity contribution in [1.29, 1.82) is 0 Å². The Bertz CT molecular complexity index is 1150. The molecule has 3 aromatic rings. The first-order valence-electron chi connectivity index (χ1n) is 12.0. The van der Waals surface area contributed by atoms with Crippen molar-refractivity contribution >= 4 is 23.3 Å². The van der Waals surface area contributed by atoms with Crippen LogP contribution < -0.4 is 10.6 Å². The topological polar surface area (TPSA) is 100 Å². The van der Waals surface area contributed by atoms with E-state index in [0.29, 0.717) is 28.9 Å². The van der Waals surface area contributed by atoms with Crippen molar-refractivity contribution in [1.82, 2.24) is 15.0 Å². The third-order valence-electron chi connectivity index (χ3n) is 6.33. The maximum Gasteiger partial charge on any atom is 0.324 e. The molecule has 0 spiro atoms. The van der Waals surface area contributed by atoms with Gasteiger partial charge >= 0.3 is 6.03 Å². The van der Waals surface area contributed by atoms with Crippen molar-refractivity contribution in [3.8, 4) is 0 Å². The number of carbonyl (C=O) groups is 2. The molecule has 2 aromatic heterocycles. The maximum absolute atomic E-state index is 12.7. The summed E-state index contributed by atoms with van der Waals surface area (Å²) in [4.78, 5) is 31.8. The van der Waals surface area contributed by atoms with Gasteiger partial charge in [0.05, 0.1) is 0 Å². The van der Waals surface area contributed by atoms with Crippen LogP contribution in [0.4, 0.5) is 16.3 Å². The van der Waals surface area contributed by atoms with Crippen LogP contribution in [0.1, 0.15) is 66.9 Å². The maximum atomic E-state index is 12.7. The number of piperidine rings is 1. The standard InChI is InChI=1S/C27H33N5O3/c1-27(2,3)24-16-25(31-35-24)30-26(34)29-21-8-5-18(6-9-21)15-23(33)22-10-7-20(17-28-22)19-11-13-32(4)14-12-19/h5-10,16-17,19H,11-15H2,1-4H3,(H2,29,30,31,34). The second-order valence-corrected chi connectivity index (χ2v) is 10.3. The minimum Gasteiger partial charge on any atom is -0.359 e. The van der Waals surface area contributed by atoms with Crippen molar-refractivity contribution in [2.24, 2.45) is 0 Å². The SMILES string of the molecule is CN1CCC(c2ccc(C(=O)Cc3ccc(NC(=O)Nc4cc(C(C)(C)C)on4)cc3)nc2)CC1. The average Bonchev–Trinajstić information content (AvgIpc) is 3.30. The normalized spacial score (nSPS) is 15.1. The minimum absolute atomic E-state index is 0.0286. The number of hydrogen-bond donors (Lipinski definition) is 2. The number of pyridine rings is 1. The molecule has 0 radical (unpaired) electrons. The van der Waals surface area contributed by atoms with Crippen LogP contribution in [0, 0.1) is 0 Å². The molecule has 184 valence electrons. The predicted molar refractivity (Wildman–Crippen MR) is 136 cm³/mol. The summed E-state index contributed by atoms with van der Waals surface area (Å²) in [5.74, 6) is 1.53. The number of aromatic nitrogens is 2. The second-order valence-electron chi connectivity index (χ2n) is 10.3. The van der Waals surface area contributed by atoms with Gasteiger partial charge in [0, 0.05) is 29.8 Å². The fourth-order valence-corrected chi connectivity index (χ4v) is 4.10. The van der Waals surface area contributed by atoms with Crippen LogP contribution >= 0.6 is 0 Å². The number of amides is 2. The molecule has 8 nitrogen and oxygen atoms in total. The first kappa shape index (κ1) is 24.6. The monoisotopic (exact) mass is 475 g/mol. The highest BCUT2D eigenvalue weighted by atomic mass is 16.5. The minimum atomic E-state index is -0.420. The Morgan fingerprint density at radius 3 is 2.37 bits per heavy atom. The molecule has 0 saturated carbocycles. The smallest absolute Gasteiger partial charge is 0.324 e. The van der Waals surface area contributed by atoms with Gasteiger partial charge < -0.3 is 14.7 Å². The Labute approximate surface area is 206 Å². The van der Waals surface area contributed by atoms with E-state index in [1.165, 1.54) is 5.56 Å². The van der Waals surface area contributed by atoms with Crippen molar-refractivity contribution in [2.45, 2.75) is 51.4 Å². The molecule has 8 heteroatoms. The molecular weight excluding hydrogens is 442 g/mol. The van der Waals surface area contributed by atoms with Gasteiger partial charge in [-0.25, -0.2) is 4.79 Å². The number of anilines is 2. The number of hydrogen-bond acceptors (Lipinski definition) is 6. The summed E-state index contributed by atoms with van der Waals surface area (Å²) in [5.41, 5.74) is 2.96. The third-order valence-corrected chi connectivity index (χ3v) is 6.33. The summed E-state index contributed by atoms with van der Waals surface area (Å²) in [6.07, 6.45) is 4.36. The highest BCUT2D eigenvalue weighted by Crippen LogP contribution is 2.27. The zero-order chi connectivity index (χ0) is 25.0. The zero-order valence-electron chi connectivity index (χ0n) is 20.8. The summed E-state index contributed by atoms with van der Waals surface area (Å²) < 4.78 is 5.28. The molecule has 0 aliphatic carbocycles. The Hall–Kier alpha value is -3.52. The number of ketones is 1. The molecule has 1 saturated heterocycles. The van der Waals surface area contributed by atoms with E-state index in [2.05, 4.69) is 32.7 Å². The lowest BCUT2D eigenvalue weighted by Gasteiger charge is -2.29. The van der Waals surface area contributed by atoms with Gasteiger partial charge in [-0.15, -0.1) is 0 Å². The fraction of sp³-hybridized carbons (Fsp3) is 0.407. The molecule has 0 bridgehead atoms. The quantitative estimate of drug-likeness (QED) is 0.473. The number of likely N-dealkylation sites (tertiary alicyclic amines) is 1. The van der Waals surface area contributed by atoms with Crippen molar-refractivity contribution in [3.63, 3.8) is 0 Å². The fourth-order valence-electron chi connectivity index (χ4n) is 4.10. The number of rotatable bonds is 6. The first-order valence-corrected chi connectivity index (χ1v) is 12.0. The van der Waals surface area contributed by atoms with E-state index in [1.54, 1.807) is 18.2 Å².